The fourth-order valence-corrected chi connectivity index (χ4v) is 3.21. The number of carbonyl (C=O) groups is 2. The van der Waals surface area contributed by atoms with Crippen LogP contribution in [0.1, 0.15) is 12.0 Å². The Morgan fingerprint density at radius 3 is 2.41 bits per heavy atom. The van der Waals surface area contributed by atoms with Gasteiger partial charge in [-0.2, -0.15) is 0 Å². The first-order chi connectivity index (χ1) is 13.0. The fraction of sp³-hybridized carbons (Fsp3) is 0.300. The van der Waals surface area contributed by atoms with Crippen molar-refractivity contribution < 1.29 is 14.0 Å². The summed E-state index contributed by atoms with van der Waals surface area (Å²) >= 11 is 5.69. The lowest BCUT2D eigenvalue weighted by Crippen LogP contribution is -2.48. The molecule has 1 aliphatic heterocycles. The minimum absolute atomic E-state index is 0.0753. The largest absolute Gasteiger partial charge is 0.340 e. The Morgan fingerprint density at radius 2 is 1.74 bits per heavy atom. The van der Waals surface area contributed by atoms with Crippen LogP contribution < -0.4 is 5.32 Å². The standard InChI is InChI=1S/C20H21ClFN3O2/c21-17-12-16(6-7-18(17)22)23-19(26)13-20(27)25-10-8-24(9-11-25)14-15-4-2-1-3-5-15/h1-7,12H,8-11,13-14H2,(H,23,26). The van der Waals surface area contributed by atoms with Crippen molar-refractivity contribution in [3.05, 3.63) is 64.9 Å². The van der Waals surface area contributed by atoms with Gasteiger partial charge in [0.1, 0.15) is 12.2 Å². The molecule has 0 aromatic heterocycles. The highest BCUT2D eigenvalue weighted by molar-refractivity contribution is 6.31. The SMILES string of the molecule is O=C(CC(=O)N1CCN(Cc2ccccc2)CC1)Nc1ccc(F)c(Cl)c1. The Hall–Kier alpha value is -2.44. The minimum Gasteiger partial charge on any atom is -0.340 e. The first kappa shape index (κ1) is 19.3. The number of halogens is 2. The summed E-state index contributed by atoms with van der Waals surface area (Å²) in [7, 11) is 0. The molecule has 142 valence electrons. The summed E-state index contributed by atoms with van der Waals surface area (Å²) < 4.78 is 13.1. The first-order valence-corrected chi connectivity index (χ1v) is 9.18. The fourth-order valence-electron chi connectivity index (χ4n) is 3.03. The van der Waals surface area contributed by atoms with Crippen LogP contribution in [0.2, 0.25) is 5.02 Å². The van der Waals surface area contributed by atoms with Crippen LogP contribution in [-0.4, -0.2) is 47.8 Å². The van der Waals surface area contributed by atoms with Gasteiger partial charge in [-0.05, 0) is 23.8 Å². The molecule has 7 heteroatoms. The summed E-state index contributed by atoms with van der Waals surface area (Å²) in [5.41, 5.74) is 1.61. The molecule has 0 radical (unpaired) electrons. The minimum atomic E-state index is -0.556. The third-order valence-corrected chi connectivity index (χ3v) is 4.78. The van der Waals surface area contributed by atoms with E-state index in [2.05, 4.69) is 22.3 Å². The second-order valence-electron chi connectivity index (χ2n) is 6.50. The number of benzene rings is 2. The number of rotatable bonds is 5. The number of hydrogen-bond acceptors (Lipinski definition) is 3. The van der Waals surface area contributed by atoms with E-state index in [1.54, 1.807) is 4.90 Å². The zero-order chi connectivity index (χ0) is 19.2. The van der Waals surface area contributed by atoms with E-state index >= 15 is 0 Å². The molecule has 1 saturated heterocycles. The van der Waals surface area contributed by atoms with Crippen molar-refractivity contribution in [2.24, 2.45) is 0 Å². The lowest BCUT2D eigenvalue weighted by atomic mass is 10.2. The number of piperazine rings is 1. The molecule has 1 aliphatic rings. The number of amides is 2. The summed E-state index contributed by atoms with van der Waals surface area (Å²) in [4.78, 5) is 28.4. The molecule has 0 atom stereocenters. The third-order valence-electron chi connectivity index (χ3n) is 4.49. The van der Waals surface area contributed by atoms with Crippen LogP contribution in [0.3, 0.4) is 0 Å². The Kier molecular flexibility index (Phi) is 6.42. The zero-order valence-corrected chi connectivity index (χ0v) is 15.6. The van der Waals surface area contributed by atoms with Crippen molar-refractivity contribution in [2.75, 3.05) is 31.5 Å². The first-order valence-electron chi connectivity index (χ1n) is 8.80. The molecular weight excluding hydrogens is 369 g/mol. The van der Waals surface area contributed by atoms with Gasteiger partial charge >= 0.3 is 0 Å². The van der Waals surface area contributed by atoms with Crippen molar-refractivity contribution in [3.63, 3.8) is 0 Å². The number of nitrogens with zero attached hydrogens (tertiary/aromatic N) is 2. The van der Waals surface area contributed by atoms with Gasteiger partial charge in [0.25, 0.3) is 0 Å². The van der Waals surface area contributed by atoms with Gasteiger partial charge in [-0.15, -0.1) is 0 Å². The van der Waals surface area contributed by atoms with Gasteiger partial charge in [-0.1, -0.05) is 41.9 Å². The van der Waals surface area contributed by atoms with Gasteiger partial charge in [0.05, 0.1) is 5.02 Å². The van der Waals surface area contributed by atoms with Crippen molar-refractivity contribution in [1.82, 2.24) is 9.80 Å². The Balaban J connectivity index is 1.44. The molecule has 0 unspecified atom stereocenters. The van der Waals surface area contributed by atoms with Crippen LogP contribution in [0.15, 0.2) is 48.5 Å². The third kappa shape index (κ3) is 5.52. The highest BCUT2D eigenvalue weighted by atomic mass is 35.5. The van der Waals surface area contributed by atoms with Crippen molar-refractivity contribution >= 4 is 29.1 Å². The predicted molar refractivity (Wildman–Crippen MR) is 103 cm³/mol. The molecule has 0 spiro atoms. The molecule has 0 bridgehead atoms. The molecule has 0 saturated carbocycles. The molecule has 5 nitrogen and oxygen atoms in total. The molecule has 1 N–H and O–H groups in total. The van der Waals surface area contributed by atoms with E-state index < -0.39 is 11.7 Å². The number of anilines is 1. The molecular formula is C20H21ClFN3O2. The highest BCUT2D eigenvalue weighted by Gasteiger charge is 2.23. The second kappa shape index (κ2) is 8.97. The zero-order valence-electron chi connectivity index (χ0n) is 14.8. The molecule has 1 fully saturated rings. The Labute approximate surface area is 162 Å². The van der Waals surface area contributed by atoms with Gasteiger partial charge in [-0.3, -0.25) is 14.5 Å². The van der Waals surface area contributed by atoms with Gasteiger partial charge < -0.3 is 10.2 Å². The molecule has 3 rings (SSSR count). The summed E-state index contributed by atoms with van der Waals surface area (Å²) in [6.07, 6.45) is -0.242. The van der Waals surface area contributed by atoms with Crippen molar-refractivity contribution in [3.8, 4) is 0 Å². The Bertz CT molecular complexity index is 808. The number of nitrogens with one attached hydrogen (secondary N) is 1. The molecule has 27 heavy (non-hydrogen) atoms. The summed E-state index contributed by atoms with van der Waals surface area (Å²) in [5.74, 6) is -1.20. The van der Waals surface area contributed by atoms with Crippen LogP contribution in [0, 0.1) is 5.82 Å². The van der Waals surface area contributed by atoms with Gasteiger partial charge in [-0.25, -0.2) is 4.39 Å². The van der Waals surface area contributed by atoms with Crippen LogP contribution >= 0.6 is 11.6 Å². The molecule has 2 amide bonds. The van der Waals surface area contributed by atoms with E-state index in [0.717, 1.165) is 19.6 Å². The molecule has 1 heterocycles. The van der Waals surface area contributed by atoms with E-state index in [1.807, 2.05) is 18.2 Å². The number of carbonyl (C=O) groups excluding carboxylic acids is 2. The van der Waals surface area contributed by atoms with E-state index in [9.17, 15) is 14.0 Å². The number of hydrogen-bond donors (Lipinski definition) is 1. The smallest absolute Gasteiger partial charge is 0.233 e. The van der Waals surface area contributed by atoms with Crippen LogP contribution in [0.4, 0.5) is 10.1 Å². The average molecular weight is 390 g/mol. The van der Waals surface area contributed by atoms with E-state index in [4.69, 9.17) is 11.6 Å². The quantitative estimate of drug-likeness (QED) is 0.799. The lowest BCUT2D eigenvalue weighted by Gasteiger charge is -2.34. The summed E-state index contributed by atoms with van der Waals surface area (Å²) in [5, 5.41) is 2.50. The molecule has 0 aliphatic carbocycles. The lowest BCUT2D eigenvalue weighted by molar-refractivity contribution is -0.136. The summed E-state index contributed by atoms with van der Waals surface area (Å²) in [6, 6.07) is 14.1. The predicted octanol–water partition coefficient (Wildman–Crippen LogP) is 3.15. The topological polar surface area (TPSA) is 52.7 Å². The van der Waals surface area contributed by atoms with Crippen molar-refractivity contribution in [1.29, 1.82) is 0 Å². The van der Waals surface area contributed by atoms with E-state index in [-0.39, 0.29) is 17.4 Å². The van der Waals surface area contributed by atoms with E-state index in [1.165, 1.54) is 23.8 Å². The highest BCUT2D eigenvalue weighted by Crippen LogP contribution is 2.19. The van der Waals surface area contributed by atoms with Crippen LogP contribution in [-0.2, 0) is 16.1 Å². The maximum Gasteiger partial charge on any atom is 0.233 e. The normalized spacial score (nSPS) is 14.8. The monoisotopic (exact) mass is 389 g/mol. The molecule has 2 aromatic rings. The van der Waals surface area contributed by atoms with Gasteiger partial charge in [0.15, 0.2) is 0 Å². The molecule has 2 aromatic carbocycles. The maximum atomic E-state index is 13.1. The maximum absolute atomic E-state index is 13.1. The summed E-state index contributed by atoms with van der Waals surface area (Å²) in [6.45, 7) is 3.60. The van der Waals surface area contributed by atoms with Crippen LogP contribution in [0.25, 0.3) is 0 Å². The van der Waals surface area contributed by atoms with Crippen LogP contribution in [0.5, 0.6) is 0 Å². The van der Waals surface area contributed by atoms with Gasteiger partial charge in [0.2, 0.25) is 11.8 Å². The van der Waals surface area contributed by atoms with E-state index in [0.29, 0.717) is 18.8 Å². The van der Waals surface area contributed by atoms with Gasteiger partial charge in [0, 0.05) is 38.4 Å². The second-order valence-corrected chi connectivity index (χ2v) is 6.90. The Morgan fingerprint density at radius 1 is 1.04 bits per heavy atom. The van der Waals surface area contributed by atoms with Crippen molar-refractivity contribution in [2.45, 2.75) is 13.0 Å². The average Bonchev–Trinajstić information content (AvgIpc) is 2.66.